The van der Waals surface area contributed by atoms with E-state index in [0.717, 1.165) is 17.1 Å². The predicted molar refractivity (Wildman–Crippen MR) is 297 cm³/mol. The van der Waals surface area contributed by atoms with E-state index in [1.807, 2.05) is 0 Å². The predicted octanol–water partition coefficient (Wildman–Crippen LogP) is 18.5. The normalized spacial score (nSPS) is 13.7. The minimum absolute atomic E-state index is 0.173. The van der Waals surface area contributed by atoms with Crippen LogP contribution in [0.15, 0.2) is 261 Å². The Balaban J connectivity index is 1.02. The number of hydrogen-bond acceptors (Lipinski definition) is 1. The van der Waals surface area contributed by atoms with Gasteiger partial charge in [-0.1, -0.05) is 232 Å². The highest BCUT2D eigenvalue weighted by molar-refractivity contribution is 5.99. The number of rotatable bonds is 7. The Morgan fingerprint density at radius 1 is 0.239 bits per heavy atom. The molecule has 71 heavy (non-hydrogen) atoms. The first-order valence-electron chi connectivity index (χ1n) is 24.9. The molecule has 0 unspecified atom stereocenters. The van der Waals surface area contributed by atoms with Crippen molar-refractivity contribution < 1.29 is 0 Å². The highest BCUT2D eigenvalue weighted by Crippen LogP contribution is 2.63. The summed E-state index contributed by atoms with van der Waals surface area (Å²) in [6.45, 7) is 4.75. The van der Waals surface area contributed by atoms with Gasteiger partial charge in [0.25, 0.3) is 0 Å². The van der Waals surface area contributed by atoms with Gasteiger partial charge in [0, 0.05) is 22.4 Å². The van der Waals surface area contributed by atoms with Crippen molar-refractivity contribution in [1.29, 1.82) is 0 Å². The smallest absolute Gasteiger partial charge is 0.0725 e. The summed E-state index contributed by atoms with van der Waals surface area (Å²) in [5.41, 5.74) is 28.2. The Hall–Kier alpha value is -8.78. The number of benzene rings is 11. The summed E-state index contributed by atoms with van der Waals surface area (Å²) in [5.74, 6) is 0. The molecule has 0 saturated carbocycles. The molecular weight excluding hydrogens is 855 g/mol. The van der Waals surface area contributed by atoms with Gasteiger partial charge in [-0.3, -0.25) is 0 Å². The number of anilines is 3. The Morgan fingerprint density at radius 3 is 1.27 bits per heavy atom. The lowest BCUT2D eigenvalue weighted by atomic mass is 9.70. The van der Waals surface area contributed by atoms with Gasteiger partial charge in [-0.2, -0.15) is 0 Å². The number of nitrogens with zero attached hydrogens (tertiary/aromatic N) is 1. The molecule has 14 rings (SSSR count). The van der Waals surface area contributed by atoms with Crippen molar-refractivity contribution in [2.45, 2.75) is 24.7 Å². The maximum absolute atomic E-state index is 2.51. The first kappa shape index (κ1) is 41.2. The molecule has 0 aliphatic heterocycles. The van der Waals surface area contributed by atoms with E-state index in [4.69, 9.17) is 0 Å². The summed E-state index contributed by atoms with van der Waals surface area (Å²) < 4.78 is 0. The Kier molecular flexibility index (Phi) is 9.22. The number of hydrogen-bond donors (Lipinski definition) is 0. The van der Waals surface area contributed by atoms with Crippen LogP contribution in [0, 0.1) is 0 Å². The fourth-order valence-electron chi connectivity index (χ4n) is 12.7. The molecule has 11 aromatic rings. The van der Waals surface area contributed by atoms with Crippen LogP contribution in [0.25, 0.3) is 77.9 Å². The van der Waals surface area contributed by atoms with Crippen LogP contribution in [-0.4, -0.2) is 0 Å². The monoisotopic (exact) mass is 903 g/mol. The molecule has 0 N–H and O–H groups in total. The van der Waals surface area contributed by atoms with Crippen LogP contribution in [0.4, 0.5) is 17.1 Å². The van der Waals surface area contributed by atoms with Crippen molar-refractivity contribution in [2.75, 3.05) is 4.90 Å². The Morgan fingerprint density at radius 2 is 0.662 bits per heavy atom. The van der Waals surface area contributed by atoms with Crippen molar-refractivity contribution in [3.8, 4) is 77.9 Å². The van der Waals surface area contributed by atoms with Crippen LogP contribution in [0.2, 0.25) is 0 Å². The SMILES string of the molecule is CC1(C)c2ccccc2-c2ccc(N(c3ccc(-c4ccccc4)c(-c4ccc5c(c4)-c4ccccc4C54c5ccccc5-c5ccccc54)c3)c3ccc(-c4ccccc4)cc3-c3ccccc3)cc21. The highest BCUT2D eigenvalue weighted by Gasteiger charge is 2.51. The topological polar surface area (TPSA) is 3.24 Å². The fraction of sp³-hybridized carbons (Fsp3) is 0.0571. The third-order valence-corrected chi connectivity index (χ3v) is 15.9. The molecule has 3 aliphatic carbocycles. The summed E-state index contributed by atoms with van der Waals surface area (Å²) in [5, 5.41) is 0. The fourth-order valence-corrected chi connectivity index (χ4v) is 12.7. The lowest BCUT2D eigenvalue weighted by molar-refractivity contribution is 0.660. The third-order valence-electron chi connectivity index (χ3n) is 15.9. The van der Waals surface area contributed by atoms with Gasteiger partial charge in [0.1, 0.15) is 0 Å². The van der Waals surface area contributed by atoms with Crippen molar-refractivity contribution in [3.05, 3.63) is 294 Å². The second kappa shape index (κ2) is 15.9. The standard InChI is InChI=1S/C70H49N/c1-69(2)62-30-16-12-26-54(62)58-39-37-52(45-67(58)69)71(68-41-35-49(46-20-6-3-7-21-46)42-60(68)48-24-10-5-11-25-48)51-36-38-53(47-22-8-4-9-23-47)59(44-51)50-34-40-66-61(43-50)57-29-15-19-33-65(57)70(66)63-31-17-13-27-55(63)56-28-14-18-32-64(56)70/h3-45H,1-2H3. The van der Waals surface area contributed by atoms with Crippen molar-refractivity contribution in [2.24, 2.45) is 0 Å². The van der Waals surface area contributed by atoms with Crippen molar-refractivity contribution in [1.82, 2.24) is 0 Å². The molecule has 1 heteroatoms. The molecule has 0 fully saturated rings. The molecule has 0 atom stereocenters. The van der Waals surface area contributed by atoms with Crippen LogP contribution in [0.5, 0.6) is 0 Å². The Bertz CT molecular complexity index is 3850. The van der Waals surface area contributed by atoms with E-state index in [9.17, 15) is 0 Å². The summed E-state index contributed by atoms with van der Waals surface area (Å²) in [6.07, 6.45) is 0. The molecule has 0 aromatic heterocycles. The average molecular weight is 904 g/mol. The van der Waals surface area contributed by atoms with Gasteiger partial charge in [0.15, 0.2) is 0 Å². The second-order valence-corrected chi connectivity index (χ2v) is 19.9. The summed E-state index contributed by atoms with van der Waals surface area (Å²) >= 11 is 0. The average Bonchev–Trinajstić information content (AvgIpc) is 3.99. The summed E-state index contributed by atoms with van der Waals surface area (Å²) in [7, 11) is 0. The van der Waals surface area contributed by atoms with Crippen LogP contribution >= 0.6 is 0 Å². The van der Waals surface area contributed by atoms with Gasteiger partial charge >= 0.3 is 0 Å². The summed E-state index contributed by atoms with van der Waals surface area (Å²) in [6, 6.07) is 97.4. The van der Waals surface area contributed by atoms with Gasteiger partial charge in [-0.05, 0) is 148 Å². The minimum Gasteiger partial charge on any atom is -0.310 e. The molecule has 0 saturated heterocycles. The van der Waals surface area contributed by atoms with Gasteiger partial charge < -0.3 is 4.90 Å². The van der Waals surface area contributed by atoms with Crippen LogP contribution in [0.1, 0.15) is 47.2 Å². The van der Waals surface area contributed by atoms with E-state index in [0.29, 0.717) is 0 Å². The van der Waals surface area contributed by atoms with E-state index in [1.54, 1.807) is 0 Å². The van der Waals surface area contributed by atoms with Gasteiger partial charge in [0.05, 0.1) is 11.1 Å². The molecule has 0 bridgehead atoms. The van der Waals surface area contributed by atoms with Gasteiger partial charge in [-0.25, -0.2) is 0 Å². The zero-order valence-electron chi connectivity index (χ0n) is 39.8. The molecule has 1 nitrogen and oxygen atoms in total. The molecule has 334 valence electrons. The molecular formula is C70H49N. The van der Waals surface area contributed by atoms with E-state index in [2.05, 4.69) is 280 Å². The maximum Gasteiger partial charge on any atom is 0.0725 e. The first-order chi connectivity index (χ1) is 35.0. The molecule has 3 aliphatic rings. The quantitative estimate of drug-likeness (QED) is 0.154. The first-order valence-corrected chi connectivity index (χ1v) is 24.9. The molecule has 0 heterocycles. The van der Waals surface area contributed by atoms with E-state index in [-0.39, 0.29) is 5.41 Å². The second-order valence-electron chi connectivity index (χ2n) is 19.9. The van der Waals surface area contributed by atoms with E-state index < -0.39 is 5.41 Å². The van der Waals surface area contributed by atoms with Crippen molar-refractivity contribution in [3.63, 3.8) is 0 Å². The highest BCUT2D eigenvalue weighted by atomic mass is 15.1. The largest absolute Gasteiger partial charge is 0.310 e. The lowest BCUT2D eigenvalue weighted by Crippen LogP contribution is -2.25. The molecule has 11 aromatic carbocycles. The number of fused-ring (bicyclic) bond motifs is 13. The van der Waals surface area contributed by atoms with E-state index >= 15 is 0 Å². The third kappa shape index (κ3) is 6.13. The molecule has 0 radical (unpaired) electrons. The van der Waals surface area contributed by atoms with Crippen LogP contribution in [0.3, 0.4) is 0 Å². The lowest BCUT2D eigenvalue weighted by Gasteiger charge is -2.31. The zero-order chi connectivity index (χ0) is 47.3. The Labute approximate surface area is 416 Å². The summed E-state index contributed by atoms with van der Waals surface area (Å²) in [4.78, 5) is 2.51. The van der Waals surface area contributed by atoms with Gasteiger partial charge in [0.2, 0.25) is 0 Å². The molecule has 1 spiro atoms. The van der Waals surface area contributed by atoms with Crippen molar-refractivity contribution >= 4 is 17.1 Å². The molecule has 0 amide bonds. The zero-order valence-corrected chi connectivity index (χ0v) is 39.8. The van der Waals surface area contributed by atoms with E-state index in [1.165, 1.54) is 111 Å². The minimum atomic E-state index is -0.403. The van der Waals surface area contributed by atoms with Crippen LogP contribution < -0.4 is 4.90 Å². The van der Waals surface area contributed by atoms with Crippen LogP contribution in [-0.2, 0) is 10.8 Å². The van der Waals surface area contributed by atoms with Gasteiger partial charge in [-0.15, -0.1) is 0 Å². The maximum atomic E-state index is 2.51.